The molecular formula is C54H102NO8P. The molecule has 0 rings (SSSR count). The number of rotatable bonds is 49. The van der Waals surface area contributed by atoms with E-state index < -0.39 is 26.5 Å². The number of ether oxygens (including phenoxy) is 2. The highest BCUT2D eigenvalue weighted by Crippen LogP contribution is 2.38. The van der Waals surface area contributed by atoms with Crippen molar-refractivity contribution in [3.8, 4) is 0 Å². The number of carbonyl (C=O) groups is 2. The molecule has 0 aliphatic carbocycles. The number of allylic oxidation sites excluding steroid dienone is 6. The van der Waals surface area contributed by atoms with Gasteiger partial charge in [0.2, 0.25) is 0 Å². The van der Waals surface area contributed by atoms with E-state index in [1.165, 1.54) is 167 Å². The Kier molecular flexibility index (Phi) is 45.1. The lowest BCUT2D eigenvalue weighted by Gasteiger charge is -2.28. The molecule has 0 aromatic rings. The molecule has 0 fully saturated rings. The third-order valence-corrected chi connectivity index (χ3v) is 12.6. The highest BCUT2D eigenvalue weighted by atomic mass is 31.2. The minimum atomic E-state index is -4.63. The van der Waals surface area contributed by atoms with Crippen LogP contribution in [0.25, 0.3) is 0 Å². The smallest absolute Gasteiger partial charge is 0.306 e. The molecule has 0 amide bonds. The van der Waals surface area contributed by atoms with Crippen LogP contribution in [0.3, 0.4) is 0 Å². The summed E-state index contributed by atoms with van der Waals surface area (Å²) in [5, 5.41) is 0. The second-order valence-corrected chi connectivity index (χ2v) is 20.6. The van der Waals surface area contributed by atoms with Crippen LogP contribution >= 0.6 is 7.82 Å². The monoisotopic (exact) mass is 924 g/mol. The van der Waals surface area contributed by atoms with Crippen LogP contribution in [-0.2, 0) is 32.7 Å². The van der Waals surface area contributed by atoms with Gasteiger partial charge in [-0.05, 0) is 70.6 Å². The first-order valence-electron chi connectivity index (χ1n) is 26.7. The Hall–Kier alpha value is -1.77. The van der Waals surface area contributed by atoms with Crippen molar-refractivity contribution >= 4 is 19.8 Å². The molecule has 0 aromatic carbocycles. The van der Waals surface area contributed by atoms with Gasteiger partial charge in [-0.15, -0.1) is 0 Å². The zero-order chi connectivity index (χ0) is 47.1. The van der Waals surface area contributed by atoms with Gasteiger partial charge in [0.1, 0.15) is 19.8 Å². The second kappa shape index (κ2) is 46.3. The van der Waals surface area contributed by atoms with E-state index in [9.17, 15) is 19.0 Å². The Labute approximate surface area is 395 Å². The molecule has 0 aliphatic rings. The molecule has 0 aliphatic heterocycles. The van der Waals surface area contributed by atoms with Crippen LogP contribution in [0.1, 0.15) is 245 Å². The molecule has 2 atom stereocenters. The number of unbranched alkanes of at least 4 members (excludes halogenated alkanes) is 29. The van der Waals surface area contributed by atoms with E-state index >= 15 is 0 Å². The van der Waals surface area contributed by atoms with Crippen molar-refractivity contribution in [3.63, 3.8) is 0 Å². The van der Waals surface area contributed by atoms with Crippen LogP contribution in [0.2, 0.25) is 0 Å². The molecule has 376 valence electrons. The van der Waals surface area contributed by atoms with Gasteiger partial charge in [-0.1, -0.05) is 198 Å². The fourth-order valence-electron chi connectivity index (χ4n) is 7.45. The molecule has 0 saturated carbocycles. The van der Waals surface area contributed by atoms with Crippen LogP contribution in [-0.4, -0.2) is 70.0 Å². The lowest BCUT2D eigenvalue weighted by molar-refractivity contribution is -0.870. The molecule has 1 unspecified atom stereocenters. The van der Waals surface area contributed by atoms with Crippen LogP contribution in [0, 0.1) is 0 Å². The summed E-state index contributed by atoms with van der Waals surface area (Å²) in [5.74, 6) is -0.831. The molecule has 0 radical (unpaired) electrons. The van der Waals surface area contributed by atoms with Crippen molar-refractivity contribution in [2.45, 2.75) is 251 Å². The average Bonchev–Trinajstić information content (AvgIpc) is 3.25. The molecule has 0 bridgehead atoms. The number of phosphoric acid groups is 1. The average molecular weight is 924 g/mol. The van der Waals surface area contributed by atoms with Gasteiger partial charge in [-0.25, -0.2) is 0 Å². The Balaban J connectivity index is 4.22. The van der Waals surface area contributed by atoms with E-state index in [2.05, 4.69) is 50.3 Å². The van der Waals surface area contributed by atoms with Gasteiger partial charge in [0, 0.05) is 12.8 Å². The van der Waals surface area contributed by atoms with E-state index in [1.54, 1.807) is 0 Å². The maximum absolute atomic E-state index is 12.8. The standard InChI is InChI=1S/C54H102NO8P/c1-6-8-10-12-14-16-18-20-22-24-26-27-29-31-33-35-37-39-41-43-45-47-54(57)63-52(51-62-64(58,59)61-49-48-55(3,4)5)50-60-53(56)46-44-42-40-38-36-34-32-30-28-25-23-21-19-17-15-13-11-9-7-2/h15,17,20-23,52H,6-14,16,18-19,24-51H2,1-5H3/b17-15-,22-20-,23-21-/t52-/m1/s1. The van der Waals surface area contributed by atoms with E-state index in [-0.39, 0.29) is 32.0 Å². The molecule has 64 heavy (non-hydrogen) atoms. The van der Waals surface area contributed by atoms with Crippen molar-refractivity contribution in [3.05, 3.63) is 36.5 Å². The van der Waals surface area contributed by atoms with Gasteiger partial charge in [0.25, 0.3) is 7.82 Å². The van der Waals surface area contributed by atoms with Gasteiger partial charge >= 0.3 is 11.9 Å². The van der Waals surface area contributed by atoms with Crippen molar-refractivity contribution in [1.82, 2.24) is 0 Å². The predicted octanol–water partition coefficient (Wildman–Crippen LogP) is 15.4. The van der Waals surface area contributed by atoms with Gasteiger partial charge in [0.05, 0.1) is 27.7 Å². The molecule has 0 aromatic heterocycles. The SMILES string of the molecule is CCCCC/C=C\C/C=C\CCCCCCCCCCCC(=O)OC[C@H](COP(=O)([O-])OCC[N+](C)(C)C)OC(=O)CCCCCCCCCCCCC/C=C\CCCCCCCC. The quantitative estimate of drug-likeness (QED) is 0.0195. The number of phosphoric ester groups is 1. The van der Waals surface area contributed by atoms with Crippen molar-refractivity contribution < 1.29 is 42.1 Å². The summed E-state index contributed by atoms with van der Waals surface area (Å²) in [5.41, 5.74) is 0. The number of quaternary nitrogens is 1. The first kappa shape index (κ1) is 62.2. The molecule has 9 nitrogen and oxygen atoms in total. The second-order valence-electron chi connectivity index (χ2n) is 19.2. The predicted molar refractivity (Wildman–Crippen MR) is 268 cm³/mol. The molecule has 0 saturated heterocycles. The van der Waals surface area contributed by atoms with Crippen LogP contribution in [0.5, 0.6) is 0 Å². The molecule has 0 heterocycles. The highest BCUT2D eigenvalue weighted by Gasteiger charge is 2.21. The largest absolute Gasteiger partial charge is 0.756 e. The molecule has 10 heteroatoms. The van der Waals surface area contributed by atoms with Crippen LogP contribution < -0.4 is 4.89 Å². The number of nitrogens with zero attached hydrogens (tertiary/aromatic N) is 1. The third kappa shape index (κ3) is 49.7. The van der Waals surface area contributed by atoms with Crippen molar-refractivity contribution in [2.75, 3.05) is 47.5 Å². The molecule has 0 spiro atoms. The lowest BCUT2D eigenvalue weighted by atomic mass is 10.0. The van der Waals surface area contributed by atoms with E-state index in [1.807, 2.05) is 21.1 Å². The first-order chi connectivity index (χ1) is 31.0. The van der Waals surface area contributed by atoms with Crippen molar-refractivity contribution in [2.24, 2.45) is 0 Å². The van der Waals surface area contributed by atoms with E-state index in [0.717, 1.165) is 44.9 Å². The first-order valence-corrected chi connectivity index (χ1v) is 28.2. The zero-order valence-corrected chi connectivity index (χ0v) is 43.4. The van der Waals surface area contributed by atoms with Gasteiger partial charge in [-0.2, -0.15) is 0 Å². The summed E-state index contributed by atoms with van der Waals surface area (Å²) < 4.78 is 34.1. The fourth-order valence-corrected chi connectivity index (χ4v) is 8.17. The fraction of sp³-hybridized carbons (Fsp3) is 0.852. The zero-order valence-electron chi connectivity index (χ0n) is 42.5. The number of carbonyl (C=O) groups excluding carboxylic acids is 2. The molecular weight excluding hydrogens is 822 g/mol. The highest BCUT2D eigenvalue weighted by molar-refractivity contribution is 7.45. The summed E-state index contributed by atoms with van der Waals surface area (Å²) in [6.45, 7) is 4.23. The topological polar surface area (TPSA) is 111 Å². The van der Waals surface area contributed by atoms with Crippen molar-refractivity contribution in [1.29, 1.82) is 0 Å². The number of hydrogen-bond acceptors (Lipinski definition) is 8. The van der Waals surface area contributed by atoms with Crippen LogP contribution in [0.4, 0.5) is 0 Å². The minimum absolute atomic E-state index is 0.0310. The Morgan fingerprint density at radius 2 is 0.844 bits per heavy atom. The third-order valence-electron chi connectivity index (χ3n) is 11.6. The normalized spacial score (nSPS) is 13.7. The van der Waals surface area contributed by atoms with E-state index in [0.29, 0.717) is 17.4 Å². The summed E-state index contributed by atoms with van der Waals surface area (Å²) in [6, 6.07) is 0. The van der Waals surface area contributed by atoms with E-state index in [4.69, 9.17) is 18.5 Å². The van der Waals surface area contributed by atoms with Gasteiger partial charge in [0.15, 0.2) is 6.10 Å². The lowest BCUT2D eigenvalue weighted by Crippen LogP contribution is -2.37. The Bertz CT molecular complexity index is 1180. The Morgan fingerprint density at radius 1 is 0.484 bits per heavy atom. The summed E-state index contributed by atoms with van der Waals surface area (Å²) in [7, 11) is 1.17. The summed E-state index contributed by atoms with van der Waals surface area (Å²) >= 11 is 0. The van der Waals surface area contributed by atoms with Crippen LogP contribution in [0.15, 0.2) is 36.5 Å². The number of esters is 2. The summed E-state index contributed by atoms with van der Waals surface area (Å²) in [6.07, 6.45) is 54.5. The van der Waals surface area contributed by atoms with Gasteiger partial charge in [-0.3, -0.25) is 14.2 Å². The molecule has 0 N–H and O–H groups in total. The number of likely N-dealkylation sites (N-methyl/N-ethyl adjacent to an activating group) is 1. The Morgan fingerprint density at radius 3 is 1.28 bits per heavy atom. The minimum Gasteiger partial charge on any atom is -0.756 e. The van der Waals surface area contributed by atoms with Gasteiger partial charge < -0.3 is 27.9 Å². The maximum Gasteiger partial charge on any atom is 0.306 e. The maximum atomic E-state index is 12.8. The summed E-state index contributed by atoms with van der Waals surface area (Å²) in [4.78, 5) is 37.8. The number of hydrogen-bond donors (Lipinski definition) is 0.